The van der Waals surface area contributed by atoms with Gasteiger partial charge < -0.3 is 14.6 Å². The molecule has 2 atom stereocenters. The molecule has 114 valence electrons. The van der Waals surface area contributed by atoms with E-state index in [-0.39, 0.29) is 0 Å². The molecule has 1 fully saturated rings. The summed E-state index contributed by atoms with van der Waals surface area (Å²) in [5.41, 5.74) is 0. The minimum atomic E-state index is 0.352. The van der Waals surface area contributed by atoms with E-state index >= 15 is 0 Å². The summed E-state index contributed by atoms with van der Waals surface area (Å²) >= 11 is 0. The second-order valence-electron chi connectivity index (χ2n) is 6.26. The van der Waals surface area contributed by atoms with Crippen LogP contribution >= 0.6 is 0 Å². The molecule has 20 heavy (non-hydrogen) atoms. The third kappa shape index (κ3) is 4.60. The Kier molecular flexibility index (Phi) is 6.05. The number of aryl methyl sites for hydroxylation is 1. The third-order valence-electron chi connectivity index (χ3n) is 3.80. The molecule has 0 radical (unpaired) electrons. The number of imidazole rings is 1. The summed E-state index contributed by atoms with van der Waals surface area (Å²) in [6, 6.07) is 0. The molecule has 1 N–H and O–H groups in total. The summed E-state index contributed by atoms with van der Waals surface area (Å²) in [6.45, 7) is 9.68. The Bertz CT molecular complexity index is 389. The van der Waals surface area contributed by atoms with E-state index in [1.54, 1.807) is 0 Å². The van der Waals surface area contributed by atoms with Crippen molar-refractivity contribution in [3.05, 3.63) is 18.2 Å². The molecule has 4 heteroatoms. The molecule has 1 aromatic heterocycles. The first kappa shape index (κ1) is 15.5. The van der Waals surface area contributed by atoms with Crippen LogP contribution in [0, 0.1) is 5.92 Å². The van der Waals surface area contributed by atoms with E-state index in [0.29, 0.717) is 18.1 Å². The molecule has 2 heterocycles. The van der Waals surface area contributed by atoms with Crippen LogP contribution in [0.1, 0.15) is 45.9 Å². The van der Waals surface area contributed by atoms with Gasteiger partial charge in [0.25, 0.3) is 0 Å². The van der Waals surface area contributed by atoms with Crippen molar-refractivity contribution in [2.24, 2.45) is 5.92 Å². The Hall–Kier alpha value is -0.870. The maximum atomic E-state index is 6.14. The standard InChI is InChI=1S/C16H29N3O/c1-4-5-16-18-8-9-19(16)12-15-7-6-14(20-15)11-17-10-13(2)3/h8-9,13-15,17H,4-7,10-12H2,1-3H3. The van der Waals surface area contributed by atoms with E-state index in [1.807, 2.05) is 6.20 Å². The van der Waals surface area contributed by atoms with Crippen LogP contribution in [0.15, 0.2) is 12.4 Å². The van der Waals surface area contributed by atoms with Crippen LogP contribution in [-0.2, 0) is 17.7 Å². The second kappa shape index (κ2) is 7.79. The molecule has 0 saturated carbocycles. The molecule has 4 nitrogen and oxygen atoms in total. The van der Waals surface area contributed by atoms with Gasteiger partial charge in [-0.05, 0) is 31.7 Å². The maximum Gasteiger partial charge on any atom is 0.108 e. The van der Waals surface area contributed by atoms with Crippen molar-refractivity contribution in [2.75, 3.05) is 13.1 Å². The highest BCUT2D eigenvalue weighted by molar-refractivity contribution is 4.93. The molecule has 1 aliphatic heterocycles. The zero-order valence-corrected chi connectivity index (χ0v) is 13.1. The summed E-state index contributed by atoms with van der Waals surface area (Å²) in [7, 11) is 0. The average Bonchev–Trinajstić information content (AvgIpc) is 3.01. The molecule has 0 aliphatic carbocycles. The zero-order valence-electron chi connectivity index (χ0n) is 13.1. The fourth-order valence-electron chi connectivity index (χ4n) is 2.77. The Labute approximate surface area is 122 Å². The lowest BCUT2D eigenvalue weighted by Gasteiger charge is -2.16. The largest absolute Gasteiger partial charge is 0.372 e. The van der Waals surface area contributed by atoms with E-state index in [2.05, 4.69) is 41.8 Å². The number of aromatic nitrogens is 2. The number of hydrogen-bond donors (Lipinski definition) is 1. The van der Waals surface area contributed by atoms with Gasteiger partial charge in [-0.1, -0.05) is 20.8 Å². The summed E-state index contributed by atoms with van der Waals surface area (Å²) in [4.78, 5) is 4.43. The van der Waals surface area contributed by atoms with Gasteiger partial charge in [0, 0.05) is 25.4 Å². The fraction of sp³-hybridized carbons (Fsp3) is 0.812. The number of nitrogens with one attached hydrogen (secondary N) is 1. The Morgan fingerprint density at radius 2 is 2.20 bits per heavy atom. The minimum absolute atomic E-state index is 0.352. The van der Waals surface area contributed by atoms with Gasteiger partial charge in [-0.15, -0.1) is 0 Å². The number of hydrogen-bond acceptors (Lipinski definition) is 3. The van der Waals surface area contributed by atoms with Crippen molar-refractivity contribution in [3.8, 4) is 0 Å². The monoisotopic (exact) mass is 279 g/mol. The highest BCUT2D eigenvalue weighted by Crippen LogP contribution is 2.21. The van der Waals surface area contributed by atoms with Crippen molar-refractivity contribution in [3.63, 3.8) is 0 Å². The lowest BCUT2D eigenvalue weighted by Crippen LogP contribution is -2.30. The highest BCUT2D eigenvalue weighted by atomic mass is 16.5. The van der Waals surface area contributed by atoms with E-state index in [1.165, 1.54) is 12.2 Å². The van der Waals surface area contributed by atoms with Crippen LogP contribution < -0.4 is 5.32 Å². The van der Waals surface area contributed by atoms with Gasteiger partial charge in [-0.25, -0.2) is 4.98 Å². The lowest BCUT2D eigenvalue weighted by molar-refractivity contribution is 0.0354. The molecule has 2 rings (SSSR count). The van der Waals surface area contributed by atoms with Crippen molar-refractivity contribution < 1.29 is 4.74 Å². The fourth-order valence-corrected chi connectivity index (χ4v) is 2.77. The van der Waals surface area contributed by atoms with Crippen LogP contribution in [-0.4, -0.2) is 34.8 Å². The normalized spacial score (nSPS) is 22.8. The van der Waals surface area contributed by atoms with E-state index in [0.717, 1.165) is 38.9 Å². The molecule has 2 unspecified atom stereocenters. The summed E-state index contributed by atoms with van der Waals surface area (Å²) in [5, 5.41) is 3.49. The molecule has 0 aromatic carbocycles. The van der Waals surface area contributed by atoms with E-state index in [9.17, 15) is 0 Å². The zero-order chi connectivity index (χ0) is 14.4. The predicted octanol–water partition coefficient (Wildman–Crippen LogP) is 2.63. The van der Waals surface area contributed by atoms with Gasteiger partial charge in [-0.2, -0.15) is 0 Å². The molecular formula is C16H29N3O. The summed E-state index contributed by atoms with van der Waals surface area (Å²) in [5.74, 6) is 1.90. The van der Waals surface area contributed by atoms with E-state index in [4.69, 9.17) is 4.74 Å². The van der Waals surface area contributed by atoms with Crippen molar-refractivity contribution in [1.29, 1.82) is 0 Å². The first-order valence-corrected chi connectivity index (χ1v) is 8.05. The number of ether oxygens (including phenoxy) is 1. The SMILES string of the molecule is CCCc1nccn1CC1CCC(CNCC(C)C)O1. The van der Waals surface area contributed by atoms with Crippen molar-refractivity contribution >= 4 is 0 Å². The Balaban J connectivity index is 1.74. The molecule has 0 spiro atoms. The molecule has 0 bridgehead atoms. The van der Waals surface area contributed by atoms with Gasteiger partial charge in [-0.3, -0.25) is 0 Å². The topological polar surface area (TPSA) is 39.1 Å². The lowest BCUT2D eigenvalue weighted by atomic mass is 10.2. The molecule has 1 aromatic rings. The molecule has 1 aliphatic rings. The summed E-state index contributed by atoms with van der Waals surface area (Å²) in [6.07, 6.45) is 9.26. The van der Waals surface area contributed by atoms with Crippen LogP contribution in [0.25, 0.3) is 0 Å². The number of nitrogens with zero attached hydrogens (tertiary/aromatic N) is 2. The first-order chi connectivity index (χ1) is 9.69. The van der Waals surface area contributed by atoms with Gasteiger partial charge in [0.05, 0.1) is 18.8 Å². The second-order valence-corrected chi connectivity index (χ2v) is 6.26. The van der Waals surface area contributed by atoms with Crippen molar-refractivity contribution in [2.45, 2.75) is 65.2 Å². The Morgan fingerprint density at radius 1 is 1.40 bits per heavy atom. The third-order valence-corrected chi connectivity index (χ3v) is 3.80. The van der Waals surface area contributed by atoms with Gasteiger partial charge >= 0.3 is 0 Å². The predicted molar refractivity (Wildman–Crippen MR) is 81.8 cm³/mol. The van der Waals surface area contributed by atoms with Gasteiger partial charge in [0.15, 0.2) is 0 Å². The van der Waals surface area contributed by atoms with Crippen LogP contribution in [0.4, 0.5) is 0 Å². The maximum absolute atomic E-state index is 6.14. The first-order valence-electron chi connectivity index (χ1n) is 8.05. The molecular weight excluding hydrogens is 250 g/mol. The minimum Gasteiger partial charge on any atom is -0.372 e. The van der Waals surface area contributed by atoms with Crippen LogP contribution in [0.5, 0.6) is 0 Å². The van der Waals surface area contributed by atoms with Crippen LogP contribution in [0.3, 0.4) is 0 Å². The van der Waals surface area contributed by atoms with E-state index < -0.39 is 0 Å². The number of rotatable bonds is 8. The highest BCUT2D eigenvalue weighted by Gasteiger charge is 2.25. The van der Waals surface area contributed by atoms with Crippen LogP contribution in [0.2, 0.25) is 0 Å². The van der Waals surface area contributed by atoms with Gasteiger partial charge in [0.2, 0.25) is 0 Å². The summed E-state index contributed by atoms with van der Waals surface area (Å²) < 4.78 is 8.40. The van der Waals surface area contributed by atoms with Crippen molar-refractivity contribution in [1.82, 2.24) is 14.9 Å². The smallest absolute Gasteiger partial charge is 0.108 e. The molecule has 1 saturated heterocycles. The molecule has 0 amide bonds. The average molecular weight is 279 g/mol. The quantitative estimate of drug-likeness (QED) is 0.795. The van der Waals surface area contributed by atoms with Gasteiger partial charge in [0.1, 0.15) is 5.82 Å². The Morgan fingerprint density at radius 3 is 2.95 bits per heavy atom.